The fraction of sp³-hybridized carbons (Fsp3) is 0.600. The standard InChI is InChI=1S/2C9H13.2CHF3O3S.Zr/c2*1-2-3-6-9-7-4-5-8-9;2*2-1(3,4)8(5,6)7;/h2*4,7H,2-3,5-6H2,1H3;2*(H,5,6,7);/q;;;;+2/p-2. The summed E-state index contributed by atoms with van der Waals surface area (Å²) < 4.78 is 122. The molecule has 0 aromatic heterocycles. The van der Waals surface area contributed by atoms with E-state index in [-0.39, 0.29) is 0 Å². The smallest absolute Gasteiger partial charge is 0.485 e. The third kappa shape index (κ3) is 13.4. The molecule has 0 aliphatic heterocycles. The molecule has 0 atom stereocenters. The van der Waals surface area contributed by atoms with Crippen molar-refractivity contribution in [2.45, 2.75) is 76.2 Å². The second-order valence-corrected chi connectivity index (χ2v) is 13.7. The molecule has 0 aromatic rings. The molecule has 0 aromatic carbocycles. The van der Waals surface area contributed by atoms with Crippen LogP contribution in [0.4, 0.5) is 26.3 Å². The quantitative estimate of drug-likeness (QED) is 0.185. The minimum absolute atomic E-state index is 0.463. The Morgan fingerprint density at radius 3 is 1.26 bits per heavy atom. The van der Waals surface area contributed by atoms with Crippen LogP contribution in [0.15, 0.2) is 42.0 Å². The summed E-state index contributed by atoms with van der Waals surface area (Å²) in [4.78, 5) is 0. The van der Waals surface area contributed by atoms with E-state index >= 15 is 0 Å². The first-order chi connectivity index (χ1) is 15.8. The van der Waals surface area contributed by atoms with Crippen LogP contribution >= 0.6 is 0 Å². The van der Waals surface area contributed by atoms with Crippen molar-refractivity contribution in [2.24, 2.45) is 0 Å². The van der Waals surface area contributed by atoms with Crippen molar-refractivity contribution < 1.29 is 75.5 Å². The molecule has 35 heavy (non-hydrogen) atoms. The number of halogens is 6. The van der Waals surface area contributed by atoms with Crippen LogP contribution in [-0.4, -0.2) is 37.0 Å². The van der Waals surface area contributed by atoms with Crippen LogP contribution in [0, 0.1) is 0 Å². The Balaban J connectivity index is 0.000000601. The molecular weight excluding hydrogens is 606 g/mol. The van der Waals surface area contributed by atoms with E-state index in [4.69, 9.17) is 25.9 Å². The van der Waals surface area contributed by atoms with Crippen molar-refractivity contribution in [3.63, 3.8) is 0 Å². The third-order valence-corrected chi connectivity index (χ3v) is 9.72. The third-order valence-electron chi connectivity index (χ3n) is 4.53. The predicted octanol–water partition coefficient (Wildman–Crippen LogP) is 5.98. The second-order valence-electron chi connectivity index (χ2n) is 7.35. The summed E-state index contributed by atoms with van der Waals surface area (Å²) in [5.41, 5.74) is -7.87. The van der Waals surface area contributed by atoms with Gasteiger partial charge in [-0.2, -0.15) is 26.3 Å². The first-order valence-corrected chi connectivity index (χ1v) is 15.7. The van der Waals surface area contributed by atoms with Crippen LogP contribution in [0.5, 0.6) is 0 Å². The van der Waals surface area contributed by atoms with Gasteiger partial charge >= 0.3 is 141 Å². The number of hydrogen-bond donors (Lipinski definition) is 0. The molecule has 0 saturated carbocycles. The van der Waals surface area contributed by atoms with Crippen molar-refractivity contribution in [3.05, 3.63) is 42.0 Å². The summed E-state index contributed by atoms with van der Waals surface area (Å²) in [5.74, 6) is 0. The molecule has 0 amide bonds. The molecule has 2 rings (SSSR count). The first kappa shape index (κ1) is 34.2. The topological polar surface area (TPSA) is 114 Å². The average molecular weight is 632 g/mol. The Labute approximate surface area is 213 Å². The minimum atomic E-state index is -6.09. The average Bonchev–Trinajstić information content (AvgIpc) is 3.32. The Morgan fingerprint density at radius 1 is 0.743 bits per heavy atom. The first-order valence-electron chi connectivity index (χ1n) is 10.4. The number of hydrogen-bond acceptors (Lipinski definition) is 6. The maximum absolute atomic E-state index is 10.7. The second kappa shape index (κ2) is 14.8. The molecule has 0 fully saturated rings. The molecule has 0 N–H and O–H groups in total. The number of allylic oxidation sites excluding steroid dienone is 8. The monoisotopic (exact) mass is 630 g/mol. The summed E-state index contributed by atoms with van der Waals surface area (Å²) in [5, 5.41) is 0. The fourth-order valence-corrected chi connectivity index (χ4v) is 6.54. The van der Waals surface area contributed by atoms with Gasteiger partial charge in [-0.05, 0) is 0 Å². The summed E-state index contributed by atoms with van der Waals surface area (Å²) in [6.07, 6.45) is 20.2. The van der Waals surface area contributed by atoms with E-state index in [9.17, 15) is 26.3 Å². The summed E-state index contributed by atoms with van der Waals surface area (Å²) in [7, 11) is -12.2. The number of alkyl halides is 6. The minimum Gasteiger partial charge on any atom is -0.741 e. The molecule has 0 spiro atoms. The Hall–Kier alpha value is -0.757. The van der Waals surface area contributed by atoms with Crippen molar-refractivity contribution >= 4 is 20.2 Å². The van der Waals surface area contributed by atoms with E-state index in [0.717, 1.165) is 0 Å². The van der Waals surface area contributed by atoms with Gasteiger partial charge in [0, 0.05) is 0 Å². The van der Waals surface area contributed by atoms with Gasteiger partial charge in [0.15, 0.2) is 20.2 Å². The van der Waals surface area contributed by atoms with Gasteiger partial charge in [-0.15, -0.1) is 0 Å². The van der Waals surface area contributed by atoms with Crippen molar-refractivity contribution in [1.29, 1.82) is 0 Å². The zero-order valence-corrected chi connectivity index (χ0v) is 23.1. The van der Waals surface area contributed by atoms with Crippen LogP contribution in [-0.2, 0) is 43.5 Å². The zero-order chi connectivity index (χ0) is 27.5. The van der Waals surface area contributed by atoms with Crippen LogP contribution in [0.1, 0.15) is 65.2 Å². The van der Waals surface area contributed by atoms with Gasteiger partial charge in [0.1, 0.15) is 0 Å². The molecule has 0 saturated heterocycles. The molecule has 6 nitrogen and oxygen atoms in total. The molecule has 200 valence electrons. The van der Waals surface area contributed by atoms with E-state index in [1.807, 2.05) is 6.56 Å². The van der Waals surface area contributed by atoms with Crippen molar-refractivity contribution in [3.8, 4) is 0 Å². The molecule has 0 bridgehead atoms. The number of rotatable bonds is 8. The van der Waals surface area contributed by atoms with Gasteiger partial charge in [-0.3, -0.25) is 0 Å². The van der Waals surface area contributed by atoms with E-state index in [1.54, 1.807) is 11.1 Å². The van der Waals surface area contributed by atoms with Gasteiger partial charge in [-0.25, -0.2) is 16.8 Å². The summed E-state index contributed by atoms with van der Waals surface area (Å²) >= 11 is -0.463. The fourth-order valence-electron chi connectivity index (χ4n) is 2.75. The van der Waals surface area contributed by atoms with E-state index in [0.29, 0.717) is 0 Å². The Bertz CT molecular complexity index is 941. The van der Waals surface area contributed by atoms with E-state index in [2.05, 4.69) is 38.2 Å². The largest absolute Gasteiger partial charge is 0.741 e. The molecular formula is C20H26F6O6S2Zr. The maximum Gasteiger partial charge on any atom is 0.485 e. The van der Waals surface area contributed by atoms with Crippen LogP contribution in [0.25, 0.3) is 0 Å². The van der Waals surface area contributed by atoms with Gasteiger partial charge in [0.25, 0.3) is 0 Å². The van der Waals surface area contributed by atoms with Gasteiger partial charge in [-0.1, -0.05) is 0 Å². The van der Waals surface area contributed by atoms with Gasteiger partial charge < -0.3 is 9.11 Å². The predicted molar refractivity (Wildman–Crippen MR) is 112 cm³/mol. The van der Waals surface area contributed by atoms with Crippen molar-refractivity contribution in [1.82, 2.24) is 0 Å². The molecule has 2 aliphatic rings. The van der Waals surface area contributed by atoms with Gasteiger partial charge in [0.05, 0.1) is 0 Å². The van der Waals surface area contributed by atoms with Crippen LogP contribution in [0.3, 0.4) is 0 Å². The zero-order valence-electron chi connectivity index (χ0n) is 19.0. The maximum atomic E-state index is 10.7. The molecule has 0 heterocycles. The van der Waals surface area contributed by atoms with Crippen LogP contribution < -0.4 is 0 Å². The Morgan fingerprint density at radius 2 is 1.03 bits per heavy atom. The van der Waals surface area contributed by atoms with Crippen molar-refractivity contribution in [2.75, 3.05) is 0 Å². The molecule has 15 heteroatoms. The van der Waals surface area contributed by atoms with E-state index < -0.39 is 54.5 Å². The number of unbranched alkanes of at least 4 members (excludes halogenated alkanes) is 2. The Kier molecular flexibility index (Phi) is 14.5. The molecule has 2 aliphatic carbocycles. The SMILES string of the molecule is CCCCC1=[C]([Zr+2][C]2=C(CCCC)C=CC2)CC=C1.O=S(=O)([O-])C(F)(F)F.O=S(=O)([O-])C(F)(F)F. The van der Waals surface area contributed by atoms with Crippen LogP contribution in [0.2, 0.25) is 0 Å². The van der Waals surface area contributed by atoms with E-state index in [1.165, 1.54) is 51.4 Å². The summed E-state index contributed by atoms with van der Waals surface area (Å²) in [6.45, 7) is 4.59. The van der Waals surface area contributed by atoms with Gasteiger partial charge in [0.2, 0.25) is 0 Å². The molecule has 0 radical (unpaired) electrons. The normalized spacial score (nSPS) is 16.1. The summed E-state index contributed by atoms with van der Waals surface area (Å²) in [6, 6.07) is 0. The molecule has 0 unspecified atom stereocenters.